The van der Waals surface area contributed by atoms with Crippen molar-refractivity contribution in [3.8, 4) is 5.75 Å². The molecule has 2 aromatic carbocycles. The van der Waals surface area contributed by atoms with Crippen molar-refractivity contribution in [2.75, 3.05) is 0 Å². The summed E-state index contributed by atoms with van der Waals surface area (Å²) in [5.74, 6) is -7.29. The third kappa shape index (κ3) is 15.7. The van der Waals surface area contributed by atoms with Crippen molar-refractivity contribution in [1.82, 2.24) is 21.3 Å². The van der Waals surface area contributed by atoms with E-state index in [0.717, 1.165) is 11.8 Å². The molecule has 0 bridgehead atoms. The average molecular weight is 738 g/mol. The van der Waals surface area contributed by atoms with Crippen LogP contribution in [0.2, 0.25) is 0 Å². The van der Waals surface area contributed by atoms with E-state index in [4.69, 9.17) is 11.5 Å². The first-order valence-corrected chi connectivity index (χ1v) is 16.8. The highest BCUT2D eigenvalue weighted by Crippen LogP contribution is 2.13. The molecule has 0 radical (unpaired) electrons. The lowest BCUT2D eigenvalue weighted by molar-refractivity contribution is -0.483. The highest BCUT2D eigenvalue weighted by Gasteiger charge is 2.35. The van der Waals surface area contributed by atoms with Gasteiger partial charge in [0.05, 0.1) is 6.42 Å². The van der Waals surface area contributed by atoms with Gasteiger partial charge in [-0.25, -0.2) is 0 Å². The number of hydrogen-bond acceptors (Lipinski definition) is 9. The van der Waals surface area contributed by atoms with Crippen molar-refractivity contribution >= 4 is 53.7 Å². The van der Waals surface area contributed by atoms with Gasteiger partial charge < -0.3 is 48.2 Å². The van der Waals surface area contributed by atoms with Gasteiger partial charge in [0.25, 0.3) is 5.91 Å². The number of nitrogens with two attached hydrogens (primary N) is 2. The van der Waals surface area contributed by atoms with Gasteiger partial charge in [-0.05, 0) is 48.6 Å². The molecule has 0 heterocycles. The van der Waals surface area contributed by atoms with Gasteiger partial charge in [0.15, 0.2) is 6.21 Å². The van der Waals surface area contributed by atoms with E-state index in [9.17, 15) is 49.0 Å². The molecule has 0 aliphatic heterocycles. The molecule has 2 aromatic rings. The standard InChI is InChI=1S/C36H47N7O10/c1-21(2)18-29(43(53)17-7-10-23-8-5-4-6-9-23)36(52)42-28(20-31(46)47)35(51)41-27(19-24-11-13-25(44)14-12-24)34(50)40-26(15-16-30(37)45)33(49)39-22(3)32(38)48/h4-14,17,21-22,26-29,44H,15-16,18-20H2,1-3H3,(H2,37,45)(H2,38,48)(H,39,49)(H,40,50)(H,41,51)(H,42,52)(H,46,47)/b10-7+,43-17-/t22-,26-,27-,28-,29-/m0/s1. The Kier molecular flexibility index (Phi) is 17.2. The van der Waals surface area contributed by atoms with Gasteiger partial charge in [-0.2, -0.15) is 4.74 Å². The number of amides is 6. The van der Waals surface area contributed by atoms with E-state index in [1.54, 1.807) is 19.9 Å². The summed E-state index contributed by atoms with van der Waals surface area (Å²) in [7, 11) is 0. The van der Waals surface area contributed by atoms with Crippen molar-refractivity contribution in [2.24, 2.45) is 17.4 Å². The molecule has 0 saturated heterocycles. The highest BCUT2D eigenvalue weighted by molar-refractivity contribution is 5.97. The number of nitrogens with zero attached hydrogens (tertiary/aromatic N) is 1. The van der Waals surface area contributed by atoms with E-state index >= 15 is 0 Å². The second kappa shape index (κ2) is 21.2. The number of benzene rings is 2. The Morgan fingerprint density at radius 2 is 1.36 bits per heavy atom. The molecule has 10 N–H and O–H groups in total. The highest BCUT2D eigenvalue weighted by atomic mass is 16.5. The van der Waals surface area contributed by atoms with Crippen LogP contribution in [0.25, 0.3) is 6.08 Å². The fourth-order valence-corrected chi connectivity index (χ4v) is 4.89. The van der Waals surface area contributed by atoms with Crippen molar-refractivity contribution in [2.45, 2.75) is 83.1 Å². The molecule has 6 amide bonds. The Bertz CT molecular complexity index is 1660. The number of carbonyl (C=O) groups excluding carboxylic acids is 6. The van der Waals surface area contributed by atoms with Gasteiger partial charge >= 0.3 is 5.97 Å². The lowest BCUT2D eigenvalue weighted by Crippen LogP contribution is -2.59. The molecule has 0 aliphatic carbocycles. The Morgan fingerprint density at radius 3 is 1.92 bits per heavy atom. The van der Waals surface area contributed by atoms with Gasteiger partial charge in [-0.3, -0.25) is 33.6 Å². The zero-order valence-electron chi connectivity index (χ0n) is 29.7. The van der Waals surface area contributed by atoms with Crippen molar-refractivity contribution < 1.29 is 48.5 Å². The zero-order chi connectivity index (χ0) is 39.7. The van der Waals surface area contributed by atoms with E-state index in [1.807, 2.05) is 30.3 Å². The number of allylic oxidation sites excluding steroid dienone is 1. The Hall–Kier alpha value is -6.26. The number of carboxylic acid groups (broad SMARTS) is 1. The fraction of sp³-hybridized carbons (Fsp3) is 0.389. The number of carboxylic acids is 1. The van der Waals surface area contributed by atoms with Crippen LogP contribution >= 0.6 is 0 Å². The number of phenolic OH excluding ortho intramolecular Hbond substituents is 1. The van der Waals surface area contributed by atoms with E-state index in [-0.39, 0.29) is 37.4 Å². The summed E-state index contributed by atoms with van der Waals surface area (Å²) in [6.07, 6.45) is 2.46. The largest absolute Gasteiger partial charge is 0.623 e. The van der Waals surface area contributed by atoms with Crippen molar-refractivity contribution in [3.63, 3.8) is 0 Å². The fourth-order valence-electron chi connectivity index (χ4n) is 4.89. The number of phenols is 1. The van der Waals surface area contributed by atoms with Crippen LogP contribution in [0, 0.1) is 11.1 Å². The van der Waals surface area contributed by atoms with Crippen LogP contribution in [0.4, 0.5) is 0 Å². The van der Waals surface area contributed by atoms with E-state index in [2.05, 4.69) is 21.3 Å². The summed E-state index contributed by atoms with van der Waals surface area (Å²) in [6, 6.07) is 7.39. The SMILES string of the molecule is CC(C)C[C@@H](C(=O)N[C@@H](CC(=O)O)C(=O)N[C@@H](Cc1ccc(O)cc1)C(=O)N[C@@H](CCC(N)=O)C(=O)N[C@@H](C)C(N)=O)/[N+]([O-])=C/C=C/c1ccccc1. The second-order valence-electron chi connectivity index (χ2n) is 12.7. The maximum atomic E-state index is 13.7. The molecule has 0 unspecified atom stereocenters. The maximum absolute atomic E-state index is 13.7. The predicted molar refractivity (Wildman–Crippen MR) is 193 cm³/mol. The number of hydrogen-bond donors (Lipinski definition) is 8. The lowest BCUT2D eigenvalue weighted by Gasteiger charge is -2.26. The molecule has 5 atom stereocenters. The topological polar surface area (TPSA) is 286 Å². The van der Waals surface area contributed by atoms with Crippen LogP contribution in [0.15, 0.2) is 60.7 Å². The molecule has 0 spiro atoms. The van der Waals surface area contributed by atoms with E-state index in [0.29, 0.717) is 10.3 Å². The summed E-state index contributed by atoms with van der Waals surface area (Å²) in [4.78, 5) is 88.7. The number of nitrogens with one attached hydrogen (secondary N) is 4. The molecule has 286 valence electrons. The summed E-state index contributed by atoms with van der Waals surface area (Å²) in [5.41, 5.74) is 11.7. The predicted octanol–water partition coefficient (Wildman–Crippen LogP) is -0.171. The first kappa shape index (κ1) is 42.9. The smallest absolute Gasteiger partial charge is 0.305 e. The van der Waals surface area contributed by atoms with Crippen molar-refractivity contribution in [1.29, 1.82) is 0 Å². The van der Waals surface area contributed by atoms with Gasteiger partial charge in [0.1, 0.15) is 29.9 Å². The first-order valence-electron chi connectivity index (χ1n) is 16.8. The molecule has 17 nitrogen and oxygen atoms in total. The van der Waals surface area contributed by atoms with E-state index in [1.165, 1.54) is 37.3 Å². The Morgan fingerprint density at radius 1 is 0.792 bits per heavy atom. The molecule has 0 fully saturated rings. The van der Waals surface area contributed by atoms with Crippen LogP contribution < -0.4 is 32.7 Å². The summed E-state index contributed by atoms with van der Waals surface area (Å²) < 4.78 is 0.405. The van der Waals surface area contributed by atoms with Gasteiger partial charge in [0, 0.05) is 25.3 Å². The quantitative estimate of drug-likeness (QED) is 0.0362. The minimum atomic E-state index is -1.76. The minimum Gasteiger partial charge on any atom is -0.623 e. The number of rotatable bonds is 21. The third-order valence-electron chi connectivity index (χ3n) is 7.74. The van der Waals surface area contributed by atoms with Crippen LogP contribution in [0.3, 0.4) is 0 Å². The van der Waals surface area contributed by atoms with Crippen LogP contribution in [-0.2, 0) is 40.0 Å². The van der Waals surface area contributed by atoms with Crippen LogP contribution in [0.1, 0.15) is 57.6 Å². The minimum absolute atomic E-state index is 0.0431. The maximum Gasteiger partial charge on any atom is 0.305 e. The lowest BCUT2D eigenvalue weighted by atomic mass is 10.0. The number of aromatic hydroxyl groups is 1. The molecule has 2 rings (SSSR count). The third-order valence-corrected chi connectivity index (χ3v) is 7.74. The first-order chi connectivity index (χ1) is 25.0. The van der Waals surface area contributed by atoms with E-state index < -0.39 is 78.0 Å². The molecule has 0 aliphatic rings. The summed E-state index contributed by atoms with van der Waals surface area (Å²) in [5, 5.41) is 42.0. The molecule has 0 saturated carbocycles. The van der Waals surface area contributed by atoms with Gasteiger partial charge in [0.2, 0.25) is 35.6 Å². The molecule has 17 heteroatoms. The van der Waals surface area contributed by atoms with Crippen molar-refractivity contribution in [3.05, 3.63) is 77.0 Å². The molecule has 0 aromatic heterocycles. The number of primary amides is 2. The van der Waals surface area contributed by atoms with Crippen LogP contribution in [0.5, 0.6) is 5.75 Å². The second-order valence-corrected chi connectivity index (χ2v) is 12.7. The number of hydroxylamine groups is 1. The average Bonchev–Trinajstić information content (AvgIpc) is 3.08. The monoisotopic (exact) mass is 737 g/mol. The van der Waals surface area contributed by atoms with Gasteiger partial charge in [-0.15, -0.1) is 0 Å². The normalized spacial score (nSPS) is 14.3. The number of carbonyl (C=O) groups is 7. The number of aliphatic carboxylic acids is 1. The Labute approximate surface area is 306 Å². The summed E-state index contributed by atoms with van der Waals surface area (Å²) >= 11 is 0. The van der Waals surface area contributed by atoms with Gasteiger partial charge in [-0.1, -0.05) is 56.3 Å². The molecule has 53 heavy (non-hydrogen) atoms. The molecular formula is C36H47N7O10. The molecular weight excluding hydrogens is 690 g/mol. The zero-order valence-corrected chi connectivity index (χ0v) is 29.7. The Balaban J connectivity index is 2.40. The van der Waals surface area contributed by atoms with Crippen LogP contribution in [-0.4, -0.2) is 92.8 Å². The summed E-state index contributed by atoms with van der Waals surface area (Å²) in [6.45, 7) is 4.84.